The van der Waals surface area contributed by atoms with E-state index in [9.17, 15) is 22.4 Å². The highest BCUT2D eigenvalue weighted by molar-refractivity contribution is 5.94. The number of amides is 1. The first-order chi connectivity index (χ1) is 9.32. The maximum Gasteiger partial charge on any atom is 0.419 e. The lowest BCUT2D eigenvalue weighted by molar-refractivity contribution is -0.140. The van der Waals surface area contributed by atoms with Crippen LogP contribution in [0.15, 0.2) is 18.2 Å². The minimum atomic E-state index is -4.83. The van der Waals surface area contributed by atoms with Crippen molar-refractivity contribution in [3.8, 4) is 0 Å². The number of halogens is 5. The van der Waals surface area contributed by atoms with Crippen LogP contribution in [-0.4, -0.2) is 18.5 Å². The molecule has 1 atom stereocenters. The smallest absolute Gasteiger partial charge is 0.348 e. The monoisotopic (exact) mass is 326 g/mol. The van der Waals surface area contributed by atoms with Crippen molar-refractivity contribution in [1.29, 1.82) is 0 Å². The lowest BCUT2D eigenvalue weighted by Gasteiger charge is -2.16. The van der Waals surface area contributed by atoms with Crippen molar-refractivity contribution in [3.05, 3.63) is 35.1 Å². The van der Waals surface area contributed by atoms with E-state index in [4.69, 9.17) is 5.73 Å². The van der Waals surface area contributed by atoms with Crippen LogP contribution in [0.1, 0.15) is 28.8 Å². The third kappa shape index (κ3) is 4.31. The average Bonchev–Trinajstić information content (AvgIpc) is 3.19. The molecule has 3 N–H and O–H groups in total. The summed E-state index contributed by atoms with van der Waals surface area (Å²) in [6.07, 6.45) is -2.94. The number of nitrogens with two attached hydrogens (primary N) is 1. The van der Waals surface area contributed by atoms with E-state index in [0.29, 0.717) is 12.1 Å². The van der Waals surface area contributed by atoms with Gasteiger partial charge in [-0.25, -0.2) is 4.39 Å². The molecule has 0 aromatic heterocycles. The Morgan fingerprint density at radius 2 is 2.00 bits per heavy atom. The summed E-state index contributed by atoms with van der Waals surface area (Å²) in [7, 11) is 0. The molecular formula is C13H15ClF4N2O. The summed E-state index contributed by atoms with van der Waals surface area (Å²) in [6, 6.07) is 1.94. The van der Waals surface area contributed by atoms with Crippen molar-refractivity contribution in [3.63, 3.8) is 0 Å². The molecular weight excluding hydrogens is 312 g/mol. The lowest BCUT2D eigenvalue weighted by Crippen LogP contribution is -2.41. The van der Waals surface area contributed by atoms with Crippen molar-refractivity contribution in [2.45, 2.75) is 25.1 Å². The van der Waals surface area contributed by atoms with E-state index in [0.717, 1.165) is 18.9 Å². The SMILES string of the molecule is Cl.NCC(NC(=O)c1ccc(F)c(C(F)(F)F)c1)C1CC1. The topological polar surface area (TPSA) is 55.1 Å². The van der Waals surface area contributed by atoms with Gasteiger partial charge in [-0.2, -0.15) is 13.2 Å². The van der Waals surface area contributed by atoms with Gasteiger partial charge in [0, 0.05) is 18.2 Å². The van der Waals surface area contributed by atoms with Crippen LogP contribution in [0.5, 0.6) is 0 Å². The molecule has 0 saturated heterocycles. The Labute approximate surface area is 125 Å². The van der Waals surface area contributed by atoms with Crippen LogP contribution in [0.4, 0.5) is 17.6 Å². The van der Waals surface area contributed by atoms with Gasteiger partial charge in [-0.3, -0.25) is 4.79 Å². The predicted octanol–water partition coefficient (Wildman–Crippen LogP) is 2.73. The molecule has 2 rings (SSSR count). The molecule has 1 unspecified atom stereocenters. The molecule has 0 radical (unpaired) electrons. The summed E-state index contributed by atoms with van der Waals surface area (Å²) < 4.78 is 50.8. The molecule has 0 bridgehead atoms. The molecule has 1 aliphatic carbocycles. The van der Waals surface area contributed by atoms with Gasteiger partial charge in [-0.1, -0.05) is 0 Å². The van der Waals surface area contributed by atoms with E-state index in [1.54, 1.807) is 0 Å². The van der Waals surface area contributed by atoms with Gasteiger partial charge in [-0.15, -0.1) is 12.4 Å². The summed E-state index contributed by atoms with van der Waals surface area (Å²) in [4.78, 5) is 11.9. The number of hydrogen-bond acceptors (Lipinski definition) is 2. The number of alkyl halides is 3. The van der Waals surface area contributed by atoms with Crippen LogP contribution in [0.3, 0.4) is 0 Å². The van der Waals surface area contributed by atoms with Gasteiger partial charge in [0.25, 0.3) is 5.91 Å². The van der Waals surface area contributed by atoms with Crippen LogP contribution in [0.25, 0.3) is 0 Å². The molecule has 1 aromatic carbocycles. The van der Waals surface area contributed by atoms with Crippen molar-refractivity contribution in [1.82, 2.24) is 5.32 Å². The van der Waals surface area contributed by atoms with E-state index in [2.05, 4.69) is 5.32 Å². The largest absolute Gasteiger partial charge is 0.419 e. The molecule has 8 heteroatoms. The van der Waals surface area contributed by atoms with Gasteiger partial charge in [-0.05, 0) is 37.0 Å². The minimum absolute atomic E-state index is 0. The molecule has 0 spiro atoms. The van der Waals surface area contributed by atoms with Crippen LogP contribution >= 0.6 is 12.4 Å². The first-order valence-electron chi connectivity index (χ1n) is 6.20. The quantitative estimate of drug-likeness (QED) is 0.836. The molecule has 1 aliphatic rings. The third-order valence-electron chi connectivity index (χ3n) is 3.30. The van der Waals surface area contributed by atoms with E-state index >= 15 is 0 Å². The molecule has 0 aliphatic heterocycles. The Morgan fingerprint density at radius 1 is 1.38 bits per heavy atom. The second kappa shape index (κ2) is 6.62. The van der Waals surface area contributed by atoms with Gasteiger partial charge in [0.1, 0.15) is 5.82 Å². The Morgan fingerprint density at radius 3 is 2.48 bits per heavy atom. The second-order valence-electron chi connectivity index (χ2n) is 4.85. The first kappa shape index (κ1) is 17.7. The summed E-state index contributed by atoms with van der Waals surface area (Å²) in [6.45, 7) is 0.226. The summed E-state index contributed by atoms with van der Waals surface area (Å²) in [5.41, 5.74) is 3.84. The molecule has 1 saturated carbocycles. The number of rotatable bonds is 4. The molecule has 0 heterocycles. The van der Waals surface area contributed by atoms with Gasteiger partial charge in [0.05, 0.1) is 5.56 Å². The highest BCUT2D eigenvalue weighted by Gasteiger charge is 2.35. The van der Waals surface area contributed by atoms with E-state index in [-0.39, 0.29) is 36.5 Å². The standard InChI is InChI=1S/C13H14F4N2O.ClH/c14-10-4-3-8(5-9(10)13(15,16)17)12(20)19-11(6-18)7-1-2-7;/h3-5,7,11H,1-2,6,18H2,(H,19,20);1H. The van der Waals surface area contributed by atoms with Gasteiger partial charge in [0.15, 0.2) is 0 Å². The molecule has 1 aromatic rings. The molecule has 21 heavy (non-hydrogen) atoms. The molecule has 3 nitrogen and oxygen atoms in total. The number of carbonyl (C=O) groups is 1. The zero-order chi connectivity index (χ0) is 14.9. The average molecular weight is 327 g/mol. The predicted molar refractivity (Wildman–Crippen MR) is 71.7 cm³/mol. The van der Waals surface area contributed by atoms with Crippen molar-refractivity contribution in [2.24, 2.45) is 11.7 Å². The summed E-state index contributed by atoms with van der Waals surface area (Å²) in [5, 5.41) is 2.59. The van der Waals surface area contributed by atoms with Gasteiger partial charge >= 0.3 is 6.18 Å². The van der Waals surface area contributed by atoms with Crippen molar-refractivity contribution >= 4 is 18.3 Å². The Kier molecular flexibility index (Phi) is 5.58. The van der Waals surface area contributed by atoms with E-state index in [1.165, 1.54) is 0 Å². The number of hydrogen-bond donors (Lipinski definition) is 2. The molecule has 1 amide bonds. The van der Waals surface area contributed by atoms with Crippen LogP contribution in [-0.2, 0) is 6.18 Å². The van der Waals surface area contributed by atoms with Crippen LogP contribution in [0.2, 0.25) is 0 Å². The van der Waals surface area contributed by atoms with Crippen molar-refractivity contribution in [2.75, 3.05) is 6.54 Å². The normalized spacial score (nSPS) is 16.0. The fraction of sp³-hybridized carbons (Fsp3) is 0.462. The second-order valence-corrected chi connectivity index (χ2v) is 4.85. The maximum absolute atomic E-state index is 13.1. The third-order valence-corrected chi connectivity index (χ3v) is 3.30. The summed E-state index contributed by atoms with van der Waals surface area (Å²) in [5.74, 6) is -1.78. The highest BCUT2D eigenvalue weighted by Crippen LogP contribution is 2.33. The Balaban J connectivity index is 0.00000220. The molecule has 118 valence electrons. The minimum Gasteiger partial charge on any atom is -0.348 e. The first-order valence-corrected chi connectivity index (χ1v) is 6.20. The summed E-state index contributed by atoms with van der Waals surface area (Å²) >= 11 is 0. The zero-order valence-corrected chi connectivity index (χ0v) is 11.7. The number of benzene rings is 1. The fourth-order valence-electron chi connectivity index (χ4n) is 2.00. The Bertz CT molecular complexity index is 517. The van der Waals surface area contributed by atoms with Gasteiger partial charge < -0.3 is 11.1 Å². The number of nitrogens with one attached hydrogen (secondary N) is 1. The van der Waals surface area contributed by atoms with E-state index in [1.807, 2.05) is 0 Å². The fourth-order valence-corrected chi connectivity index (χ4v) is 2.00. The van der Waals surface area contributed by atoms with Crippen LogP contribution in [0, 0.1) is 11.7 Å². The van der Waals surface area contributed by atoms with Crippen molar-refractivity contribution < 1.29 is 22.4 Å². The zero-order valence-electron chi connectivity index (χ0n) is 10.9. The molecule has 1 fully saturated rings. The lowest BCUT2D eigenvalue weighted by atomic mass is 10.1. The van der Waals surface area contributed by atoms with E-state index < -0.39 is 23.5 Å². The van der Waals surface area contributed by atoms with Crippen LogP contribution < -0.4 is 11.1 Å². The van der Waals surface area contributed by atoms with Gasteiger partial charge in [0.2, 0.25) is 0 Å². The maximum atomic E-state index is 13.1. The Hall–Kier alpha value is -1.34. The number of carbonyl (C=O) groups excluding carboxylic acids is 1. The highest BCUT2D eigenvalue weighted by atomic mass is 35.5.